The van der Waals surface area contributed by atoms with Crippen LogP contribution in [0.25, 0.3) is 0 Å². The number of alkyl halides is 5. The number of aliphatic carboxylic acids is 1. The van der Waals surface area contributed by atoms with E-state index in [1.54, 1.807) is 30.3 Å². The van der Waals surface area contributed by atoms with Crippen LogP contribution in [0.15, 0.2) is 77.7 Å². The van der Waals surface area contributed by atoms with Gasteiger partial charge in [-0.15, -0.1) is 13.2 Å². The van der Waals surface area contributed by atoms with Gasteiger partial charge in [-0.05, 0) is 23.3 Å². The van der Waals surface area contributed by atoms with Gasteiger partial charge in [0.05, 0.1) is 4.90 Å². The van der Waals surface area contributed by atoms with Crippen molar-refractivity contribution in [2.24, 2.45) is 0 Å². The number of carbonyl (C=O) groups is 1. The van der Waals surface area contributed by atoms with Gasteiger partial charge in [0.1, 0.15) is 0 Å². The normalized spacial score (nSPS) is 12.8. The second-order valence-electron chi connectivity index (χ2n) is 8.38. The molecule has 0 saturated heterocycles. The van der Waals surface area contributed by atoms with Crippen molar-refractivity contribution in [3.8, 4) is 11.5 Å². The van der Waals surface area contributed by atoms with E-state index in [1.165, 1.54) is 0 Å². The van der Waals surface area contributed by atoms with Crippen molar-refractivity contribution in [1.29, 1.82) is 0 Å². The molecular formula is C24H21F5NO9PS. The van der Waals surface area contributed by atoms with Gasteiger partial charge in [-0.25, -0.2) is 13.2 Å². The molecule has 0 amide bonds. The first-order valence-electron chi connectivity index (χ1n) is 11.2. The molecule has 0 atom stereocenters. The molecule has 3 aromatic rings. The van der Waals surface area contributed by atoms with Crippen LogP contribution in [-0.4, -0.2) is 46.6 Å². The highest BCUT2D eigenvalue weighted by molar-refractivity contribution is 7.89. The molecule has 0 spiro atoms. The van der Waals surface area contributed by atoms with Crippen LogP contribution in [0.5, 0.6) is 11.5 Å². The molecule has 0 aromatic heterocycles. The van der Waals surface area contributed by atoms with Crippen LogP contribution in [0, 0.1) is 0 Å². The third-order valence-electron chi connectivity index (χ3n) is 5.36. The number of nitrogens with zero attached hydrogens (tertiary/aromatic N) is 1. The van der Waals surface area contributed by atoms with E-state index in [2.05, 4.69) is 4.74 Å². The Hall–Kier alpha value is -3.56. The maximum Gasteiger partial charge on any atom is 0.573 e. The summed E-state index contributed by atoms with van der Waals surface area (Å²) in [4.78, 5) is 28.0. The summed E-state index contributed by atoms with van der Waals surface area (Å²) in [5.74, 6) is -3.33. The monoisotopic (exact) mass is 625 g/mol. The lowest BCUT2D eigenvalue weighted by Gasteiger charge is -2.24. The number of carboxylic acids is 1. The lowest BCUT2D eigenvalue weighted by molar-refractivity contribution is -0.275. The minimum atomic E-state index is -5.85. The summed E-state index contributed by atoms with van der Waals surface area (Å²) in [6.07, 6.45) is -5.29. The predicted molar refractivity (Wildman–Crippen MR) is 132 cm³/mol. The van der Waals surface area contributed by atoms with Crippen LogP contribution >= 0.6 is 7.60 Å². The van der Waals surface area contributed by atoms with Crippen LogP contribution in [0.2, 0.25) is 0 Å². The van der Waals surface area contributed by atoms with Crippen molar-refractivity contribution >= 4 is 23.6 Å². The van der Waals surface area contributed by atoms with Gasteiger partial charge in [-0.1, -0.05) is 54.6 Å². The molecule has 41 heavy (non-hydrogen) atoms. The van der Waals surface area contributed by atoms with Gasteiger partial charge < -0.3 is 24.4 Å². The van der Waals surface area contributed by atoms with E-state index in [9.17, 15) is 39.7 Å². The van der Waals surface area contributed by atoms with E-state index in [-0.39, 0.29) is 12.1 Å². The third kappa shape index (κ3) is 8.24. The third-order valence-corrected chi connectivity index (χ3v) is 8.14. The zero-order chi connectivity index (χ0) is 30.6. The molecule has 10 nitrogen and oxygen atoms in total. The number of sulfonamides is 1. The van der Waals surface area contributed by atoms with E-state index in [4.69, 9.17) is 19.6 Å². The fourth-order valence-electron chi connectivity index (χ4n) is 3.46. The second-order valence-corrected chi connectivity index (χ2v) is 12.0. The molecular weight excluding hydrogens is 604 g/mol. The molecule has 222 valence electrons. The smallest absolute Gasteiger partial charge is 0.479 e. The van der Waals surface area contributed by atoms with Gasteiger partial charge >= 0.3 is 25.6 Å². The first kappa shape index (κ1) is 32.0. The lowest BCUT2D eigenvalue weighted by Crippen LogP contribution is -2.30. The average Bonchev–Trinajstić information content (AvgIpc) is 2.86. The van der Waals surface area contributed by atoms with Gasteiger partial charge in [0.15, 0.2) is 18.1 Å². The highest BCUT2D eigenvalue weighted by Gasteiger charge is 2.50. The molecule has 0 radical (unpaired) electrons. The fraction of sp³-hybridized carbons (Fsp3) is 0.208. The molecule has 17 heteroatoms. The predicted octanol–water partition coefficient (Wildman–Crippen LogP) is 4.67. The number of halogens is 5. The molecule has 0 bridgehead atoms. The largest absolute Gasteiger partial charge is 0.573 e. The summed E-state index contributed by atoms with van der Waals surface area (Å²) < 4.78 is 115. The van der Waals surface area contributed by atoms with E-state index in [0.717, 1.165) is 28.6 Å². The van der Waals surface area contributed by atoms with E-state index in [0.29, 0.717) is 23.8 Å². The molecule has 0 fully saturated rings. The van der Waals surface area contributed by atoms with Crippen molar-refractivity contribution in [1.82, 2.24) is 4.31 Å². The van der Waals surface area contributed by atoms with Crippen molar-refractivity contribution in [2.45, 2.75) is 30.0 Å². The maximum absolute atomic E-state index is 14.0. The highest BCUT2D eigenvalue weighted by atomic mass is 32.2. The number of benzene rings is 3. The standard InChI is InChI=1S/C24H21F5NO9PS/c25-23(26,40(33,34)35)18-8-6-17(7-9-18)14-30(13-16-4-2-1-3-5-16)41(36,37)19-10-11-20(38-15-22(31)32)21(12-19)39-24(27,28)29/h1-12H,13-15H2,(H,31,32)(H2,33,34,35). The van der Waals surface area contributed by atoms with Crippen LogP contribution < -0.4 is 9.47 Å². The van der Waals surface area contributed by atoms with E-state index in [1.807, 2.05) is 0 Å². The van der Waals surface area contributed by atoms with Gasteiger partial charge in [0.25, 0.3) is 0 Å². The summed E-state index contributed by atoms with van der Waals surface area (Å²) in [7, 11) is -10.5. The first-order valence-corrected chi connectivity index (χ1v) is 14.3. The summed E-state index contributed by atoms with van der Waals surface area (Å²) in [6.45, 7) is -1.86. The Labute approximate surface area is 229 Å². The van der Waals surface area contributed by atoms with Crippen molar-refractivity contribution in [2.75, 3.05) is 6.61 Å². The molecule has 0 aliphatic heterocycles. The Balaban J connectivity index is 2.03. The molecule has 3 aromatic carbocycles. The number of hydrogen-bond acceptors (Lipinski definition) is 6. The van der Waals surface area contributed by atoms with Crippen LogP contribution in [0.3, 0.4) is 0 Å². The first-order chi connectivity index (χ1) is 18.9. The van der Waals surface area contributed by atoms with E-state index < -0.39 is 70.7 Å². The fourth-order valence-corrected chi connectivity index (χ4v) is 5.37. The molecule has 0 aliphatic rings. The zero-order valence-electron chi connectivity index (χ0n) is 20.5. The van der Waals surface area contributed by atoms with Crippen molar-refractivity contribution < 1.29 is 64.1 Å². The molecule has 0 aliphatic carbocycles. The molecule has 3 N–H and O–H groups in total. The van der Waals surface area contributed by atoms with Gasteiger partial charge in [0, 0.05) is 24.7 Å². The van der Waals surface area contributed by atoms with Gasteiger partial charge in [0.2, 0.25) is 10.0 Å². The van der Waals surface area contributed by atoms with Gasteiger partial charge in [-0.3, -0.25) is 4.57 Å². The number of carboxylic acid groups (broad SMARTS) is 1. The lowest BCUT2D eigenvalue weighted by atomic mass is 10.1. The summed E-state index contributed by atoms with van der Waals surface area (Å²) in [5.41, 5.74) is -4.96. The number of ether oxygens (including phenoxy) is 2. The molecule has 3 rings (SSSR count). The van der Waals surface area contributed by atoms with Gasteiger partial charge in [-0.2, -0.15) is 13.1 Å². The Bertz CT molecular complexity index is 1530. The number of hydrogen-bond donors (Lipinski definition) is 3. The zero-order valence-corrected chi connectivity index (χ0v) is 22.2. The van der Waals surface area contributed by atoms with Crippen LogP contribution in [0.4, 0.5) is 22.0 Å². The molecule has 0 heterocycles. The Morgan fingerprint density at radius 2 is 1.41 bits per heavy atom. The Morgan fingerprint density at radius 3 is 1.93 bits per heavy atom. The average molecular weight is 625 g/mol. The summed E-state index contributed by atoms with van der Waals surface area (Å²) in [6, 6.07) is 13.6. The van der Waals surface area contributed by atoms with E-state index >= 15 is 0 Å². The topological polar surface area (TPSA) is 151 Å². The second kappa shape index (κ2) is 12.1. The summed E-state index contributed by atoms with van der Waals surface area (Å²) >= 11 is 0. The Kier molecular flexibility index (Phi) is 9.45. The quantitative estimate of drug-likeness (QED) is 0.193. The van der Waals surface area contributed by atoms with Crippen LogP contribution in [0.1, 0.15) is 16.7 Å². The summed E-state index contributed by atoms with van der Waals surface area (Å²) in [5, 5.41) is 8.77. The molecule has 0 unspecified atom stereocenters. The SMILES string of the molecule is O=C(O)COc1ccc(S(=O)(=O)N(Cc2ccccc2)Cc2ccc(C(F)(F)P(=O)(O)O)cc2)cc1OC(F)(F)F. The van der Waals surface area contributed by atoms with Crippen molar-refractivity contribution in [3.63, 3.8) is 0 Å². The molecule has 0 saturated carbocycles. The minimum Gasteiger partial charge on any atom is -0.479 e. The van der Waals surface area contributed by atoms with Crippen LogP contribution in [-0.2, 0) is 38.1 Å². The highest BCUT2D eigenvalue weighted by Crippen LogP contribution is 2.59. The minimum absolute atomic E-state index is 0.0999. The number of rotatable bonds is 12. The van der Waals surface area contributed by atoms with Crippen molar-refractivity contribution in [3.05, 3.63) is 89.5 Å². The maximum atomic E-state index is 14.0. The Morgan fingerprint density at radius 1 is 0.854 bits per heavy atom.